The minimum Gasteiger partial charge on any atom is -0.360 e. The highest BCUT2D eigenvalue weighted by Gasteiger charge is 2.16. The molecule has 1 aliphatic heterocycles. The normalized spacial score (nSPS) is 13.6. The predicted octanol–water partition coefficient (Wildman–Crippen LogP) is 3.20. The Morgan fingerprint density at radius 1 is 1.41 bits per heavy atom. The van der Waals surface area contributed by atoms with Crippen molar-refractivity contribution in [3.8, 4) is 0 Å². The number of Topliss-reactive ketones (excluding diaryl/α,β-unsaturated/α-hetero) is 1. The summed E-state index contributed by atoms with van der Waals surface area (Å²) in [5.41, 5.74) is -0.0632. The van der Waals surface area contributed by atoms with E-state index >= 15 is 0 Å². The molecular formula is C11H10BrF2NOS. The molecule has 0 bridgehead atoms. The number of carbonyl (C=O) groups is 1. The van der Waals surface area contributed by atoms with Gasteiger partial charge in [-0.05, 0) is 17.5 Å². The standard InChI is InChI=1S/C11H9F2NOS.BrH/c12-8-1-2-9(10(13)5-8)11(15)6-14-3-4-16-7-14;/h1-5H,6-7H2;1H. The highest BCUT2D eigenvalue weighted by atomic mass is 79.9. The lowest BCUT2D eigenvalue weighted by Crippen LogP contribution is -2.23. The summed E-state index contributed by atoms with van der Waals surface area (Å²) in [5.74, 6) is -1.13. The van der Waals surface area contributed by atoms with Gasteiger partial charge in [0.1, 0.15) is 11.6 Å². The number of nitrogens with zero attached hydrogens (tertiary/aromatic N) is 1. The van der Waals surface area contributed by atoms with Crippen molar-refractivity contribution < 1.29 is 13.6 Å². The smallest absolute Gasteiger partial charge is 0.185 e. The van der Waals surface area contributed by atoms with Crippen LogP contribution in [0.15, 0.2) is 29.8 Å². The van der Waals surface area contributed by atoms with Gasteiger partial charge < -0.3 is 4.90 Å². The maximum Gasteiger partial charge on any atom is 0.185 e. The molecule has 0 radical (unpaired) electrons. The van der Waals surface area contributed by atoms with Gasteiger partial charge in [0.05, 0.1) is 18.0 Å². The molecule has 92 valence electrons. The van der Waals surface area contributed by atoms with Crippen LogP contribution >= 0.6 is 28.7 Å². The summed E-state index contributed by atoms with van der Waals surface area (Å²) in [4.78, 5) is 13.5. The van der Waals surface area contributed by atoms with E-state index in [1.165, 1.54) is 6.07 Å². The molecule has 0 spiro atoms. The van der Waals surface area contributed by atoms with Gasteiger partial charge in [0, 0.05) is 12.3 Å². The van der Waals surface area contributed by atoms with E-state index in [1.54, 1.807) is 22.9 Å². The zero-order chi connectivity index (χ0) is 11.5. The Morgan fingerprint density at radius 2 is 2.18 bits per heavy atom. The molecule has 1 heterocycles. The average molecular weight is 322 g/mol. The molecule has 1 aromatic carbocycles. The third-order valence-corrected chi connectivity index (χ3v) is 2.98. The Kier molecular flexibility index (Phi) is 5.14. The number of hydrogen-bond donors (Lipinski definition) is 0. The summed E-state index contributed by atoms with van der Waals surface area (Å²) in [6, 6.07) is 2.99. The first-order valence-electron chi connectivity index (χ1n) is 4.67. The van der Waals surface area contributed by atoms with E-state index in [0.29, 0.717) is 5.88 Å². The number of ketones is 1. The van der Waals surface area contributed by atoms with Gasteiger partial charge in [0.2, 0.25) is 0 Å². The molecule has 0 saturated carbocycles. The predicted molar refractivity (Wildman–Crippen MR) is 69.3 cm³/mol. The van der Waals surface area contributed by atoms with Crippen LogP contribution in [0.4, 0.5) is 8.78 Å². The van der Waals surface area contributed by atoms with Gasteiger partial charge in [-0.2, -0.15) is 0 Å². The molecule has 1 aliphatic rings. The average Bonchev–Trinajstić information content (AvgIpc) is 2.70. The second-order valence-corrected chi connectivity index (χ2v) is 4.24. The topological polar surface area (TPSA) is 20.3 Å². The zero-order valence-corrected chi connectivity index (χ0v) is 11.3. The van der Waals surface area contributed by atoms with E-state index in [-0.39, 0.29) is 34.9 Å². The number of benzene rings is 1. The molecule has 6 heteroatoms. The largest absolute Gasteiger partial charge is 0.360 e. The van der Waals surface area contributed by atoms with Gasteiger partial charge >= 0.3 is 0 Å². The summed E-state index contributed by atoms with van der Waals surface area (Å²) in [5, 5.41) is 1.87. The van der Waals surface area contributed by atoms with Crippen LogP contribution in [0.1, 0.15) is 10.4 Å². The first-order valence-corrected chi connectivity index (χ1v) is 5.72. The lowest BCUT2D eigenvalue weighted by molar-refractivity contribution is 0.0959. The van der Waals surface area contributed by atoms with E-state index < -0.39 is 11.6 Å². The van der Waals surface area contributed by atoms with E-state index in [4.69, 9.17) is 0 Å². The molecule has 2 rings (SSSR count). The van der Waals surface area contributed by atoms with Crippen LogP contribution in [0.3, 0.4) is 0 Å². The molecule has 0 atom stereocenters. The summed E-state index contributed by atoms with van der Waals surface area (Å²) in [6.45, 7) is 0.117. The van der Waals surface area contributed by atoms with Crippen molar-refractivity contribution in [3.63, 3.8) is 0 Å². The van der Waals surface area contributed by atoms with Gasteiger partial charge in [-0.15, -0.1) is 28.7 Å². The molecule has 0 saturated heterocycles. The van der Waals surface area contributed by atoms with E-state index in [0.717, 1.165) is 12.1 Å². The van der Waals surface area contributed by atoms with Crippen molar-refractivity contribution in [2.75, 3.05) is 12.4 Å². The quantitative estimate of drug-likeness (QED) is 0.797. The first-order chi connectivity index (χ1) is 7.66. The number of carbonyl (C=O) groups excluding carboxylic acids is 1. The van der Waals surface area contributed by atoms with Gasteiger partial charge in [-0.25, -0.2) is 8.78 Å². The zero-order valence-electron chi connectivity index (χ0n) is 8.73. The second-order valence-electron chi connectivity index (χ2n) is 3.38. The number of hydrogen-bond acceptors (Lipinski definition) is 3. The van der Waals surface area contributed by atoms with E-state index in [1.807, 2.05) is 5.41 Å². The van der Waals surface area contributed by atoms with Crippen LogP contribution in [0, 0.1) is 11.6 Å². The van der Waals surface area contributed by atoms with Crippen molar-refractivity contribution in [1.82, 2.24) is 4.90 Å². The molecule has 2 nitrogen and oxygen atoms in total. The summed E-state index contributed by atoms with van der Waals surface area (Å²) < 4.78 is 25.9. The fourth-order valence-electron chi connectivity index (χ4n) is 1.39. The van der Waals surface area contributed by atoms with Crippen LogP contribution < -0.4 is 0 Å². The van der Waals surface area contributed by atoms with Gasteiger partial charge in [0.25, 0.3) is 0 Å². The van der Waals surface area contributed by atoms with Crippen molar-refractivity contribution in [2.24, 2.45) is 0 Å². The minimum absolute atomic E-state index is 0. The molecule has 0 unspecified atom stereocenters. The maximum absolute atomic E-state index is 13.3. The third-order valence-electron chi connectivity index (χ3n) is 2.19. The summed E-state index contributed by atoms with van der Waals surface area (Å²) >= 11 is 1.57. The first kappa shape index (κ1) is 14.2. The Bertz CT molecular complexity index is 453. The minimum atomic E-state index is -0.805. The van der Waals surface area contributed by atoms with Crippen molar-refractivity contribution >= 4 is 34.5 Å². The molecule has 0 aromatic heterocycles. The summed E-state index contributed by atoms with van der Waals surface area (Å²) in [7, 11) is 0. The fourth-order valence-corrected chi connectivity index (χ4v) is 2.11. The Hall–Kier alpha value is -0.880. The van der Waals surface area contributed by atoms with Crippen molar-refractivity contribution in [1.29, 1.82) is 0 Å². The van der Waals surface area contributed by atoms with Gasteiger partial charge in [0.15, 0.2) is 5.78 Å². The second kappa shape index (κ2) is 6.16. The Balaban J connectivity index is 0.00000144. The van der Waals surface area contributed by atoms with E-state index in [2.05, 4.69) is 0 Å². The van der Waals surface area contributed by atoms with Crippen LogP contribution in [0.2, 0.25) is 0 Å². The van der Waals surface area contributed by atoms with Crippen molar-refractivity contribution in [3.05, 3.63) is 47.0 Å². The monoisotopic (exact) mass is 321 g/mol. The van der Waals surface area contributed by atoms with Crippen LogP contribution in [-0.2, 0) is 0 Å². The van der Waals surface area contributed by atoms with Crippen molar-refractivity contribution in [2.45, 2.75) is 0 Å². The number of halogens is 3. The number of thioether (sulfide) groups is 1. The lowest BCUT2D eigenvalue weighted by atomic mass is 10.1. The molecule has 1 aromatic rings. The maximum atomic E-state index is 13.3. The SMILES string of the molecule is Br.O=C(CN1C=CSC1)c1ccc(F)cc1F. The van der Waals surface area contributed by atoms with Crippen LogP contribution in [0.25, 0.3) is 0 Å². The Labute approximate surface area is 112 Å². The van der Waals surface area contributed by atoms with Gasteiger partial charge in [-0.1, -0.05) is 0 Å². The summed E-state index contributed by atoms with van der Waals surface area (Å²) in [6.07, 6.45) is 1.78. The molecule has 0 aliphatic carbocycles. The van der Waals surface area contributed by atoms with Gasteiger partial charge in [-0.3, -0.25) is 4.79 Å². The highest BCUT2D eigenvalue weighted by molar-refractivity contribution is 8.93. The van der Waals surface area contributed by atoms with Crippen LogP contribution in [-0.4, -0.2) is 23.1 Å². The highest BCUT2D eigenvalue weighted by Crippen LogP contribution is 2.16. The molecule has 0 amide bonds. The molecule has 17 heavy (non-hydrogen) atoms. The molecular weight excluding hydrogens is 312 g/mol. The van der Waals surface area contributed by atoms with E-state index in [9.17, 15) is 13.6 Å². The molecule has 0 fully saturated rings. The Morgan fingerprint density at radius 3 is 2.76 bits per heavy atom. The third kappa shape index (κ3) is 3.54. The molecule has 0 N–H and O–H groups in total. The fraction of sp³-hybridized carbons (Fsp3) is 0.182. The van der Waals surface area contributed by atoms with Crippen LogP contribution in [0.5, 0.6) is 0 Å². The lowest BCUT2D eigenvalue weighted by Gasteiger charge is -2.13. The number of rotatable bonds is 3.